The molecule has 0 atom stereocenters. The molecule has 7 heteroatoms. The number of ether oxygens (including phenoxy) is 2. The van der Waals surface area contributed by atoms with Crippen LogP contribution in [0.25, 0.3) is 11.3 Å². The fraction of sp³-hybridized carbons (Fsp3) is 0.111. The summed E-state index contributed by atoms with van der Waals surface area (Å²) >= 11 is 6.34. The van der Waals surface area contributed by atoms with Crippen molar-refractivity contribution >= 4 is 17.6 Å². The van der Waals surface area contributed by atoms with E-state index >= 15 is 0 Å². The van der Waals surface area contributed by atoms with Gasteiger partial charge >= 0.3 is 5.97 Å². The van der Waals surface area contributed by atoms with Gasteiger partial charge in [0.2, 0.25) is 6.79 Å². The van der Waals surface area contributed by atoms with E-state index in [9.17, 15) is 9.90 Å². The fourth-order valence-electron chi connectivity index (χ4n) is 2.83. The van der Waals surface area contributed by atoms with Gasteiger partial charge < -0.3 is 14.6 Å². The highest BCUT2D eigenvalue weighted by atomic mass is 35.5. The summed E-state index contributed by atoms with van der Waals surface area (Å²) in [6.45, 7) is 0.149. The molecule has 6 nitrogen and oxygen atoms in total. The number of H-pyrrole nitrogens is 1. The van der Waals surface area contributed by atoms with Gasteiger partial charge in [-0.25, -0.2) is 4.79 Å². The number of benzene rings is 2. The van der Waals surface area contributed by atoms with Gasteiger partial charge in [-0.2, -0.15) is 5.10 Å². The number of fused-ring (bicyclic) bond motifs is 1. The average Bonchev–Trinajstić information content (AvgIpc) is 3.22. The topological polar surface area (TPSA) is 84.4 Å². The van der Waals surface area contributed by atoms with E-state index in [0.29, 0.717) is 34.2 Å². The Morgan fingerprint density at radius 2 is 1.92 bits per heavy atom. The first-order chi connectivity index (χ1) is 12.1. The van der Waals surface area contributed by atoms with Gasteiger partial charge in [0.1, 0.15) is 5.69 Å². The molecule has 2 heterocycles. The van der Waals surface area contributed by atoms with Crippen LogP contribution < -0.4 is 9.47 Å². The maximum atomic E-state index is 11.6. The first-order valence-corrected chi connectivity index (χ1v) is 7.95. The molecule has 0 bridgehead atoms. The molecule has 1 aliphatic heterocycles. The smallest absolute Gasteiger partial charge is 0.354 e. The number of rotatable bonds is 4. The Morgan fingerprint density at radius 3 is 2.64 bits per heavy atom. The number of carboxylic acid groups (broad SMARTS) is 1. The lowest BCUT2D eigenvalue weighted by Crippen LogP contribution is -2.03. The number of halogens is 1. The van der Waals surface area contributed by atoms with E-state index < -0.39 is 5.97 Å². The predicted molar refractivity (Wildman–Crippen MR) is 91.4 cm³/mol. The molecule has 0 amide bonds. The number of carboxylic acids is 1. The van der Waals surface area contributed by atoms with E-state index in [4.69, 9.17) is 21.1 Å². The minimum atomic E-state index is -1.07. The number of carbonyl (C=O) groups is 1. The van der Waals surface area contributed by atoms with Gasteiger partial charge in [-0.15, -0.1) is 0 Å². The molecule has 1 aliphatic rings. The van der Waals surface area contributed by atoms with Crippen molar-refractivity contribution in [2.75, 3.05) is 6.79 Å². The number of aromatic amines is 1. The van der Waals surface area contributed by atoms with Gasteiger partial charge in [-0.05, 0) is 11.6 Å². The highest BCUT2D eigenvalue weighted by Crippen LogP contribution is 2.38. The summed E-state index contributed by atoms with van der Waals surface area (Å²) in [4.78, 5) is 11.6. The van der Waals surface area contributed by atoms with Crippen molar-refractivity contribution in [2.24, 2.45) is 0 Å². The van der Waals surface area contributed by atoms with Crippen LogP contribution in [0.15, 0.2) is 42.5 Å². The lowest BCUT2D eigenvalue weighted by molar-refractivity contribution is 0.0689. The fourth-order valence-corrected chi connectivity index (χ4v) is 3.05. The molecule has 4 rings (SSSR count). The molecule has 0 fully saturated rings. The van der Waals surface area contributed by atoms with E-state index in [2.05, 4.69) is 10.2 Å². The van der Waals surface area contributed by atoms with Gasteiger partial charge in [0.15, 0.2) is 11.5 Å². The van der Waals surface area contributed by atoms with E-state index in [1.54, 1.807) is 12.1 Å². The molecule has 126 valence electrons. The van der Waals surface area contributed by atoms with E-state index in [1.807, 2.05) is 30.3 Å². The summed E-state index contributed by atoms with van der Waals surface area (Å²) in [6, 6.07) is 12.9. The molecule has 0 unspecified atom stereocenters. The highest BCUT2D eigenvalue weighted by molar-refractivity contribution is 6.31. The number of hydrogen-bond acceptors (Lipinski definition) is 4. The van der Waals surface area contributed by atoms with Crippen LogP contribution in [0.2, 0.25) is 5.02 Å². The molecule has 1 aromatic heterocycles. The van der Waals surface area contributed by atoms with Crippen molar-refractivity contribution in [1.82, 2.24) is 10.2 Å². The van der Waals surface area contributed by atoms with Crippen LogP contribution in [0.3, 0.4) is 0 Å². The van der Waals surface area contributed by atoms with E-state index in [-0.39, 0.29) is 12.5 Å². The standard InChI is InChI=1S/C18H13ClN2O4/c19-13-8-15-14(24-9-25-15)7-11(13)6-12-16(10-4-2-1-3-5-10)20-21-17(12)18(22)23/h1-5,7-8H,6,9H2,(H,20,21)(H,22,23). The quantitative estimate of drug-likeness (QED) is 0.743. The zero-order valence-corrected chi connectivity index (χ0v) is 13.7. The average molecular weight is 357 g/mol. The van der Waals surface area contributed by atoms with Crippen molar-refractivity contribution in [3.63, 3.8) is 0 Å². The monoisotopic (exact) mass is 356 g/mol. The van der Waals surface area contributed by atoms with Gasteiger partial charge in [-0.1, -0.05) is 41.9 Å². The van der Waals surface area contributed by atoms with Crippen LogP contribution in [0, 0.1) is 0 Å². The lowest BCUT2D eigenvalue weighted by atomic mass is 9.98. The molecule has 25 heavy (non-hydrogen) atoms. The van der Waals surface area contributed by atoms with E-state index in [1.165, 1.54) is 0 Å². The Labute approximate surface area is 148 Å². The van der Waals surface area contributed by atoms with Gasteiger partial charge in [0, 0.05) is 28.6 Å². The molecule has 0 radical (unpaired) electrons. The SMILES string of the molecule is O=C(O)c1[nH]nc(-c2ccccc2)c1Cc1cc2c(cc1Cl)OCO2. The van der Waals surface area contributed by atoms with Crippen LogP contribution in [0.4, 0.5) is 0 Å². The maximum Gasteiger partial charge on any atom is 0.354 e. The van der Waals surface area contributed by atoms with Crippen molar-refractivity contribution in [1.29, 1.82) is 0 Å². The molecular weight excluding hydrogens is 344 g/mol. The third kappa shape index (κ3) is 2.81. The van der Waals surface area contributed by atoms with Crippen LogP contribution in [-0.2, 0) is 6.42 Å². The Morgan fingerprint density at radius 1 is 1.20 bits per heavy atom. The lowest BCUT2D eigenvalue weighted by Gasteiger charge is -2.08. The summed E-state index contributed by atoms with van der Waals surface area (Å²) in [5.41, 5.74) is 2.78. The molecule has 0 saturated heterocycles. The van der Waals surface area contributed by atoms with Gasteiger partial charge in [0.05, 0.1) is 5.69 Å². The van der Waals surface area contributed by atoms with Gasteiger partial charge in [0.25, 0.3) is 0 Å². The first-order valence-electron chi connectivity index (χ1n) is 7.57. The second-order valence-corrected chi connectivity index (χ2v) is 5.98. The zero-order chi connectivity index (χ0) is 17.4. The molecule has 2 N–H and O–H groups in total. The third-order valence-electron chi connectivity index (χ3n) is 4.04. The first kappa shape index (κ1) is 15.5. The van der Waals surface area contributed by atoms with Crippen LogP contribution in [0.5, 0.6) is 11.5 Å². The van der Waals surface area contributed by atoms with Crippen molar-refractivity contribution in [3.8, 4) is 22.8 Å². The number of hydrogen-bond donors (Lipinski definition) is 2. The summed E-state index contributed by atoms with van der Waals surface area (Å²) in [5, 5.41) is 16.8. The van der Waals surface area contributed by atoms with E-state index in [0.717, 1.165) is 11.1 Å². The third-order valence-corrected chi connectivity index (χ3v) is 4.39. The molecule has 0 saturated carbocycles. The minimum absolute atomic E-state index is 0.0487. The number of aromatic carboxylic acids is 1. The minimum Gasteiger partial charge on any atom is -0.477 e. The van der Waals surface area contributed by atoms with Gasteiger partial charge in [-0.3, -0.25) is 5.10 Å². The van der Waals surface area contributed by atoms with Crippen molar-refractivity contribution in [3.05, 3.63) is 64.3 Å². The number of aromatic nitrogens is 2. The normalized spacial score (nSPS) is 12.4. The summed E-state index contributed by atoms with van der Waals surface area (Å²) < 4.78 is 10.7. The zero-order valence-electron chi connectivity index (χ0n) is 13.0. The largest absolute Gasteiger partial charge is 0.477 e. The van der Waals surface area contributed by atoms with Crippen LogP contribution in [0.1, 0.15) is 21.6 Å². The molecule has 0 aliphatic carbocycles. The van der Waals surface area contributed by atoms with Crippen LogP contribution >= 0.6 is 11.6 Å². The summed E-state index contributed by atoms with van der Waals surface area (Å²) in [5.74, 6) is 0.116. The van der Waals surface area contributed by atoms with Crippen molar-refractivity contribution < 1.29 is 19.4 Å². The summed E-state index contributed by atoms with van der Waals surface area (Å²) in [6.07, 6.45) is 0.303. The van der Waals surface area contributed by atoms with Crippen molar-refractivity contribution in [2.45, 2.75) is 6.42 Å². The second kappa shape index (κ2) is 6.14. The Kier molecular flexibility index (Phi) is 3.82. The molecular formula is C18H13ClN2O4. The second-order valence-electron chi connectivity index (χ2n) is 5.57. The number of nitrogens with zero attached hydrogens (tertiary/aromatic N) is 1. The maximum absolute atomic E-state index is 11.6. The molecule has 2 aromatic carbocycles. The Bertz CT molecular complexity index is 953. The highest BCUT2D eigenvalue weighted by Gasteiger charge is 2.23. The molecule has 0 spiro atoms. The van der Waals surface area contributed by atoms with Crippen LogP contribution in [-0.4, -0.2) is 28.1 Å². The summed E-state index contributed by atoms with van der Waals surface area (Å²) in [7, 11) is 0. The molecule has 3 aromatic rings. The number of nitrogens with one attached hydrogen (secondary N) is 1. The Balaban J connectivity index is 1.80. The Hall–Kier alpha value is -2.99. The predicted octanol–water partition coefficient (Wildman–Crippen LogP) is 3.75.